The largest absolute Gasteiger partial charge is 0.316 e. The van der Waals surface area contributed by atoms with E-state index in [9.17, 15) is 4.39 Å². The smallest absolute Gasteiger partial charge is 0.131 e. The topological polar surface area (TPSA) is 12.0 Å². The van der Waals surface area contributed by atoms with E-state index < -0.39 is 0 Å². The first-order chi connectivity index (χ1) is 9.74. The monoisotopic (exact) mass is 271 g/mol. The van der Waals surface area contributed by atoms with Gasteiger partial charge < -0.3 is 5.32 Å². The minimum Gasteiger partial charge on any atom is -0.316 e. The second-order valence-electron chi connectivity index (χ2n) is 5.15. The lowest BCUT2D eigenvalue weighted by molar-refractivity contribution is 0.630. The number of benzene rings is 2. The molecular weight excluding hydrogens is 249 g/mol. The van der Waals surface area contributed by atoms with Crippen molar-refractivity contribution in [2.45, 2.75) is 32.7 Å². The molecule has 0 aromatic heterocycles. The summed E-state index contributed by atoms with van der Waals surface area (Å²) in [5.74, 6) is -0.161. The van der Waals surface area contributed by atoms with Gasteiger partial charge in [0.05, 0.1) is 0 Å². The van der Waals surface area contributed by atoms with Gasteiger partial charge in [-0.1, -0.05) is 43.7 Å². The number of nitrogens with one attached hydrogen (secondary N) is 1. The molecule has 2 aromatic carbocycles. The highest BCUT2D eigenvalue weighted by Crippen LogP contribution is 2.24. The van der Waals surface area contributed by atoms with Crippen molar-refractivity contribution in [1.82, 2.24) is 5.32 Å². The number of hydrogen-bond donors (Lipinski definition) is 1. The van der Waals surface area contributed by atoms with Gasteiger partial charge in [0, 0.05) is 12.1 Å². The van der Waals surface area contributed by atoms with Gasteiger partial charge in [0.1, 0.15) is 5.82 Å². The first kappa shape index (κ1) is 14.7. The predicted molar refractivity (Wildman–Crippen MR) is 83.2 cm³/mol. The summed E-state index contributed by atoms with van der Waals surface area (Å²) in [4.78, 5) is 0. The molecule has 2 heteroatoms. The van der Waals surface area contributed by atoms with Crippen LogP contribution in [-0.2, 0) is 13.0 Å². The third kappa shape index (κ3) is 3.67. The van der Waals surface area contributed by atoms with Gasteiger partial charge in [-0.3, -0.25) is 0 Å². The van der Waals surface area contributed by atoms with Gasteiger partial charge in [0.15, 0.2) is 0 Å². The van der Waals surface area contributed by atoms with E-state index >= 15 is 0 Å². The molecule has 0 bridgehead atoms. The van der Waals surface area contributed by atoms with E-state index in [-0.39, 0.29) is 5.82 Å². The molecule has 20 heavy (non-hydrogen) atoms. The lowest BCUT2D eigenvalue weighted by atomic mass is 9.99. The van der Waals surface area contributed by atoms with Gasteiger partial charge in [0.2, 0.25) is 0 Å². The molecule has 0 atom stereocenters. The van der Waals surface area contributed by atoms with Crippen LogP contribution in [0.1, 0.15) is 30.9 Å². The molecule has 0 radical (unpaired) electrons. The summed E-state index contributed by atoms with van der Waals surface area (Å²) < 4.78 is 14.0. The lowest BCUT2D eigenvalue weighted by Gasteiger charge is -2.08. The van der Waals surface area contributed by atoms with Crippen LogP contribution in [0.15, 0.2) is 42.5 Å². The third-order valence-electron chi connectivity index (χ3n) is 3.50. The van der Waals surface area contributed by atoms with Crippen molar-refractivity contribution in [3.8, 4) is 11.1 Å². The third-order valence-corrected chi connectivity index (χ3v) is 3.50. The first-order valence-electron chi connectivity index (χ1n) is 7.27. The zero-order valence-corrected chi connectivity index (χ0v) is 12.2. The molecule has 0 aliphatic heterocycles. The van der Waals surface area contributed by atoms with Crippen molar-refractivity contribution in [2.75, 3.05) is 7.05 Å². The molecule has 0 heterocycles. The van der Waals surface area contributed by atoms with Crippen molar-refractivity contribution in [3.63, 3.8) is 0 Å². The van der Waals surface area contributed by atoms with E-state index in [1.807, 2.05) is 31.3 Å². The number of hydrogen-bond acceptors (Lipinski definition) is 1. The average molecular weight is 271 g/mol. The predicted octanol–water partition coefficient (Wildman–Crippen LogP) is 4.55. The molecule has 2 rings (SSSR count). The lowest BCUT2D eigenvalue weighted by Crippen LogP contribution is -2.05. The summed E-state index contributed by atoms with van der Waals surface area (Å²) in [5.41, 5.74) is 4.04. The molecule has 0 amide bonds. The Morgan fingerprint density at radius 3 is 2.35 bits per heavy atom. The fourth-order valence-electron chi connectivity index (χ4n) is 2.34. The number of halogens is 1. The van der Waals surface area contributed by atoms with Crippen LogP contribution in [0.3, 0.4) is 0 Å². The van der Waals surface area contributed by atoms with Gasteiger partial charge in [-0.15, -0.1) is 0 Å². The standard InChI is InChI=1S/C18H22FN/c1-3-4-5-14-6-9-16(10-7-14)17-12-15(13-20-2)8-11-18(17)19/h6-12,20H,3-5,13H2,1-2H3. The quantitative estimate of drug-likeness (QED) is 0.812. The van der Waals surface area contributed by atoms with E-state index in [1.54, 1.807) is 6.07 Å². The van der Waals surface area contributed by atoms with Crippen molar-refractivity contribution < 1.29 is 4.39 Å². The van der Waals surface area contributed by atoms with Crippen molar-refractivity contribution >= 4 is 0 Å². The van der Waals surface area contributed by atoms with Crippen molar-refractivity contribution in [2.24, 2.45) is 0 Å². The van der Waals surface area contributed by atoms with E-state index in [1.165, 1.54) is 18.4 Å². The molecule has 1 N–H and O–H groups in total. The second kappa shape index (κ2) is 7.20. The SMILES string of the molecule is CCCCc1ccc(-c2cc(CNC)ccc2F)cc1. The Labute approximate surface area is 120 Å². The molecule has 1 nitrogen and oxygen atoms in total. The maximum absolute atomic E-state index is 14.0. The molecule has 0 spiro atoms. The summed E-state index contributed by atoms with van der Waals surface area (Å²) in [6.07, 6.45) is 3.49. The van der Waals surface area contributed by atoms with E-state index in [2.05, 4.69) is 24.4 Å². The minimum atomic E-state index is -0.161. The first-order valence-corrected chi connectivity index (χ1v) is 7.27. The molecule has 0 aliphatic carbocycles. The van der Waals surface area contributed by atoms with E-state index in [0.717, 1.165) is 24.1 Å². The van der Waals surface area contributed by atoms with Crippen LogP contribution in [0.4, 0.5) is 4.39 Å². The van der Waals surface area contributed by atoms with Gasteiger partial charge in [-0.05, 0) is 48.7 Å². The molecule has 0 unspecified atom stereocenters. The van der Waals surface area contributed by atoms with Crippen LogP contribution in [-0.4, -0.2) is 7.05 Å². The van der Waals surface area contributed by atoms with Crippen LogP contribution in [0.2, 0.25) is 0 Å². The normalized spacial score (nSPS) is 10.8. The Morgan fingerprint density at radius 2 is 1.70 bits per heavy atom. The number of aryl methyl sites for hydroxylation is 1. The molecule has 2 aromatic rings. The summed E-state index contributed by atoms with van der Waals surface area (Å²) in [6.45, 7) is 2.94. The van der Waals surface area contributed by atoms with Crippen LogP contribution in [0, 0.1) is 5.82 Å². The molecule has 0 saturated heterocycles. The summed E-state index contributed by atoms with van der Waals surface area (Å²) >= 11 is 0. The molecule has 0 aliphatic rings. The highest BCUT2D eigenvalue weighted by atomic mass is 19.1. The van der Waals surface area contributed by atoms with E-state index in [4.69, 9.17) is 0 Å². The van der Waals surface area contributed by atoms with Crippen LogP contribution < -0.4 is 5.32 Å². The van der Waals surface area contributed by atoms with Crippen LogP contribution >= 0.6 is 0 Å². The summed E-state index contributed by atoms with van der Waals surface area (Å²) in [5, 5.41) is 3.09. The highest BCUT2D eigenvalue weighted by Gasteiger charge is 2.06. The van der Waals surface area contributed by atoms with Gasteiger partial charge in [-0.25, -0.2) is 4.39 Å². The van der Waals surface area contributed by atoms with Crippen LogP contribution in [0.5, 0.6) is 0 Å². The van der Waals surface area contributed by atoms with Crippen molar-refractivity contribution in [1.29, 1.82) is 0 Å². The Bertz CT molecular complexity index is 546. The Kier molecular flexibility index (Phi) is 5.31. The van der Waals surface area contributed by atoms with Crippen LogP contribution in [0.25, 0.3) is 11.1 Å². The maximum Gasteiger partial charge on any atom is 0.131 e. The summed E-state index contributed by atoms with van der Waals surface area (Å²) in [7, 11) is 1.89. The summed E-state index contributed by atoms with van der Waals surface area (Å²) in [6, 6.07) is 13.5. The Balaban J connectivity index is 2.24. The number of rotatable bonds is 6. The fourth-order valence-corrected chi connectivity index (χ4v) is 2.34. The average Bonchev–Trinajstić information content (AvgIpc) is 2.48. The zero-order chi connectivity index (χ0) is 14.4. The van der Waals surface area contributed by atoms with Crippen molar-refractivity contribution in [3.05, 3.63) is 59.4 Å². The molecule has 106 valence electrons. The second-order valence-corrected chi connectivity index (χ2v) is 5.15. The van der Waals surface area contributed by atoms with Gasteiger partial charge in [0.25, 0.3) is 0 Å². The Hall–Kier alpha value is -1.67. The fraction of sp³-hybridized carbons (Fsp3) is 0.333. The van der Waals surface area contributed by atoms with Gasteiger partial charge in [-0.2, -0.15) is 0 Å². The Morgan fingerprint density at radius 1 is 1.00 bits per heavy atom. The zero-order valence-electron chi connectivity index (χ0n) is 12.2. The minimum absolute atomic E-state index is 0.161. The maximum atomic E-state index is 14.0. The molecular formula is C18H22FN. The molecule has 0 saturated carbocycles. The number of unbranched alkanes of at least 4 members (excludes halogenated alkanes) is 1. The van der Waals surface area contributed by atoms with Gasteiger partial charge >= 0.3 is 0 Å². The van der Waals surface area contributed by atoms with E-state index in [0.29, 0.717) is 5.56 Å². The highest BCUT2D eigenvalue weighted by molar-refractivity contribution is 5.65. The molecule has 0 fully saturated rings.